The number of rotatable bonds is 6. The fraction of sp³-hybridized carbons (Fsp3) is 0.444. The Balaban J connectivity index is 1.60. The maximum Gasteiger partial charge on any atom is 0.194 e. The number of nitrogens with zero attached hydrogens (tertiary/aromatic N) is 3. The third kappa shape index (κ3) is 2.79. The van der Waals surface area contributed by atoms with Crippen LogP contribution in [0.25, 0.3) is 4.96 Å². The van der Waals surface area contributed by atoms with Gasteiger partial charge < -0.3 is 5.32 Å². The summed E-state index contributed by atoms with van der Waals surface area (Å²) in [5.41, 5.74) is 5.22. The third-order valence-electron chi connectivity index (χ3n) is 4.71. The smallest absolute Gasteiger partial charge is 0.194 e. The second-order valence-corrected chi connectivity index (χ2v) is 7.16. The van der Waals surface area contributed by atoms with Gasteiger partial charge in [0.1, 0.15) is 0 Å². The highest BCUT2D eigenvalue weighted by atomic mass is 32.1. The van der Waals surface area contributed by atoms with Crippen LogP contribution in [0.3, 0.4) is 0 Å². The predicted octanol–water partition coefficient (Wildman–Crippen LogP) is 4.22. The molecule has 4 nitrogen and oxygen atoms in total. The van der Waals surface area contributed by atoms with Gasteiger partial charge >= 0.3 is 0 Å². The van der Waals surface area contributed by atoms with Crippen molar-refractivity contribution >= 4 is 16.3 Å². The molecule has 120 valence electrons. The molecule has 1 fully saturated rings. The summed E-state index contributed by atoms with van der Waals surface area (Å²) in [6.45, 7) is 5.20. The predicted molar refractivity (Wildman–Crippen MR) is 93.9 cm³/mol. The van der Waals surface area contributed by atoms with Crippen LogP contribution in [0.2, 0.25) is 0 Å². The Morgan fingerprint density at radius 1 is 1.35 bits per heavy atom. The van der Waals surface area contributed by atoms with Gasteiger partial charge in [-0.2, -0.15) is 0 Å². The molecular formula is C18H22N4S. The quantitative estimate of drug-likeness (QED) is 0.737. The molecule has 0 amide bonds. The van der Waals surface area contributed by atoms with Crippen LogP contribution in [-0.2, 0) is 6.54 Å². The van der Waals surface area contributed by atoms with Gasteiger partial charge in [-0.1, -0.05) is 6.92 Å². The first-order chi connectivity index (χ1) is 11.3. The van der Waals surface area contributed by atoms with Gasteiger partial charge in [0.05, 0.1) is 11.4 Å². The van der Waals surface area contributed by atoms with Crippen LogP contribution in [0.5, 0.6) is 0 Å². The van der Waals surface area contributed by atoms with Crippen molar-refractivity contribution in [2.75, 3.05) is 0 Å². The monoisotopic (exact) mass is 326 g/mol. The first-order valence-electron chi connectivity index (χ1n) is 8.36. The summed E-state index contributed by atoms with van der Waals surface area (Å²) >= 11 is 1.77. The SMILES string of the molecule is CC[C@H](NCc1c(C)nc2scc(C3CC3)n12)c1ccncc1. The van der Waals surface area contributed by atoms with E-state index >= 15 is 0 Å². The van der Waals surface area contributed by atoms with Gasteiger partial charge in [0.2, 0.25) is 0 Å². The number of fused-ring (bicyclic) bond motifs is 1. The fourth-order valence-corrected chi connectivity index (χ4v) is 4.26. The van der Waals surface area contributed by atoms with E-state index in [9.17, 15) is 0 Å². The summed E-state index contributed by atoms with van der Waals surface area (Å²) < 4.78 is 2.39. The molecule has 0 unspecified atom stereocenters. The largest absolute Gasteiger partial charge is 0.304 e. The Labute approximate surface area is 140 Å². The molecule has 1 saturated carbocycles. The van der Waals surface area contributed by atoms with Crippen molar-refractivity contribution < 1.29 is 0 Å². The van der Waals surface area contributed by atoms with Gasteiger partial charge in [-0.3, -0.25) is 9.38 Å². The highest BCUT2D eigenvalue weighted by Crippen LogP contribution is 2.42. The molecule has 0 aliphatic heterocycles. The Morgan fingerprint density at radius 2 is 2.13 bits per heavy atom. The minimum Gasteiger partial charge on any atom is -0.304 e. The van der Waals surface area contributed by atoms with Gasteiger partial charge in [-0.25, -0.2) is 4.98 Å². The van der Waals surface area contributed by atoms with E-state index in [1.165, 1.54) is 29.8 Å². The molecule has 4 rings (SSSR count). The van der Waals surface area contributed by atoms with Gasteiger partial charge in [-0.15, -0.1) is 11.3 Å². The Morgan fingerprint density at radius 3 is 2.83 bits per heavy atom. The number of aryl methyl sites for hydroxylation is 1. The van der Waals surface area contributed by atoms with E-state index in [0.29, 0.717) is 6.04 Å². The summed E-state index contributed by atoms with van der Waals surface area (Å²) in [4.78, 5) is 10.0. The van der Waals surface area contributed by atoms with Gasteiger partial charge in [0.15, 0.2) is 4.96 Å². The standard InChI is InChI=1S/C18H22N4S/c1-3-15(13-6-8-19-9-7-13)20-10-16-12(2)21-18-22(16)17(11-23-18)14-4-5-14/h6-9,11,14-15,20H,3-5,10H2,1-2H3/t15-/m0/s1. The third-order valence-corrected chi connectivity index (χ3v) is 5.56. The molecule has 0 spiro atoms. The summed E-state index contributed by atoms with van der Waals surface area (Å²) in [6.07, 6.45) is 7.44. The molecule has 1 atom stereocenters. The number of hydrogen-bond acceptors (Lipinski definition) is 4. The highest BCUT2D eigenvalue weighted by Gasteiger charge is 2.28. The minimum atomic E-state index is 0.353. The molecular weight excluding hydrogens is 304 g/mol. The Kier molecular flexibility index (Phi) is 3.91. The molecule has 3 heterocycles. The first-order valence-corrected chi connectivity index (χ1v) is 9.24. The normalized spacial score (nSPS) is 16.1. The number of hydrogen-bond donors (Lipinski definition) is 1. The summed E-state index contributed by atoms with van der Waals surface area (Å²) in [5.74, 6) is 0.748. The maximum absolute atomic E-state index is 4.75. The zero-order chi connectivity index (χ0) is 15.8. The summed E-state index contributed by atoms with van der Waals surface area (Å²) in [7, 11) is 0. The molecule has 3 aromatic heterocycles. The Hall–Kier alpha value is -1.72. The van der Waals surface area contributed by atoms with Crippen LogP contribution in [0.15, 0.2) is 29.9 Å². The first kappa shape index (κ1) is 14.8. The van der Waals surface area contributed by atoms with E-state index in [-0.39, 0.29) is 0 Å². The van der Waals surface area contributed by atoms with Crippen molar-refractivity contribution in [3.8, 4) is 0 Å². The maximum atomic E-state index is 4.75. The number of imidazole rings is 1. The fourth-order valence-electron chi connectivity index (χ4n) is 3.22. The second kappa shape index (κ2) is 6.06. The van der Waals surface area contributed by atoms with Gasteiger partial charge in [-0.05, 0) is 43.9 Å². The topological polar surface area (TPSA) is 42.2 Å². The van der Waals surface area contributed by atoms with Gasteiger partial charge in [0.25, 0.3) is 0 Å². The molecule has 1 aliphatic rings. The van der Waals surface area contributed by atoms with Crippen LogP contribution in [-0.4, -0.2) is 14.4 Å². The Bertz CT molecular complexity index is 801. The molecule has 1 N–H and O–H groups in total. The lowest BCUT2D eigenvalue weighted by atomic mass is 10.1. The zero-order valence-corrected chi connectivity index (χ0v) is 14.4. The molecule has 0 radical (unpaired) electrons. The van der Waals surface area contributed by atoms with Crippen molar-refractivity contribution in [1.82, 2.24) is 19.7 Å². The number of pyridine rings is 1. The van der Waals surface area contributed by atoms with Gasteiger partial charge in [0, 0.05) is 42.0 Å². The molecule has 0 aromatic carbocycles. The average molecular weight is 326 g/mol. The van der Waals surface area contributed by atoms with Crippen molar-refractivity contribution in [2.24, 2.45) is 0 Å². The van der Waals surface area contributed by atoms with Crippen LogP contribution in [0.1, 0.15) is 60.8 Å². The van der Waals surface area contributed by atoms with E-state index < -0.39 is 0 Å². The van der Waals surface area contributed by atoms with Crippen LogP contribution < -0.4 is 5.32 Å². The summed E-state index contributed by atoms with van der Waals surface area (Å²) in [5, 5.41) is 6.01. The van der Waals surface area contributed by atoms with E-state index in [1.54, 1.807) is 11.3 Å². The van der Waals surface area contributed by atoms with Crippen molar-refractivity contribution in [3.05, 3.63) is 52.6 Å². The molecule has 0 bridgehead atoms. The lowest BCUT2D eigenvalue weighted by Crippen LogP contribution is -2.21. The highest BCUT2D eigenvalue weighted by molar-refractivity contribution is 7.15. The van der Waals surface area contributed by atoms with E-state index in [2.05, 4.69) is 46.1 Å². The number of thiazole rings is 1. The molecule has 5 heteroatoms. The lowest BCUT2D eigenvalue weighted by Gasteiger charge is -2.17. The van der Waals surface area contributed by atoms with E-state index in [4.69, 9.17) is 4.98 Å². The summed E-state index contributed by atoms with van der Waals surface area (Å²) in [6, 6.07) is 4.55. The molecule has 0 saturated heterocycles. The molecule has 1 aliphatic carbocycles. The number of nitrogens with one attached hydrogen (secondary N) is 1. The van der Waals surface area contributed by atoms with Crippen molar-refractivity contribution in [3.63, 3.8) is 0 Å². The second-order valence-electron chi connectivity index (χ2n) is 6.32. The number of aromatic nitrogens is 3. The van der Waals surface area contributed by atoms with Crippen molar-refractivity contribution in [2.45, 2.75) is 51.6 Å². The molecule has 23 heavy (non-hydrogen) atoms. The lowest BCUT2D eigenvalue weighted by molar-refractivity contribution is 0.511. The average Bonchev–Trinajstić information content (AvgIpc) is 3.27. The molecule has 3 aromatic rings. The van der Waals surface area contributed by atoms with Crippen LogP contribution >= 0.6 is 11.3 Å². The van der Waals surface area contributed by atoms with Crippen LogP contribution in [0, 0.1) is 6.92 Å². The van der Waals surface area contributed by atoms with E-state index in [0.717, 1.165) is 29.5 Å². The van der Waals surface area contributed by atoms with Crippen LogP contribution in [0.4, 0.5) is 0 Å². The minimum absolute atomic E-state index is 0.353. The zero-order valence-electron chi connectivity index (χ0n) is 13.6. The van der Waals surface area contributed by atoms with Crippen molar-refractivity contribution in [1.29, 1.82) is 0 Å². The van der Waals surface area contributed by atoms with E-state index in [1.807, 2.05) is 12.4 Å².